The number of nitrogens with one attached hydrogen (secondary N) is 1. The van der Waals surface area contributed by atoms with Gasteiger partial charge in [0.25, 0.3) is 5.03 Å². The van der Waals surface area contributed by atoms with E-state index in [-0.39, 0.29) is 11.4 Å². The molecule has 0 radical (unpaired) electrons. The molecule has 4 nitrogen and oxygen atoms in total. The number of hydrogen-bond donors (Lipinski definition) is 1. The van der Waals surface area contributed by atoms with Crippen molar-refractivity contribution in [2.24, 2.45) is 0 Å². The monoisotopic (exact) mass is 328 g/mol. The predicted octanol–water partition coefficient (Wildman–Crippen LogP) is 3.07. The average molecular weight is 328 g/mol. The zero-order valence-electron chi connectivity index (χ0n) is 11.1. The summed E-state index contributed by atoms with van der Waals surface area (Å²) in [4.78, 5) is 11.7. The van der Waals surface area contributed by atoms with Gasteiger partial charge in [0, 0.05) is 17.8 Å². The summed E-state index contributed by atoms with van der Waals surface area (Å²) in [5, 5.41) is 14.2. The Morgan fingerprint density at radius 3 is 2.45 bits per heavy atom. The standard InChI is InChI=1S/C14H11F3N2O2S/c15-14(16,17)10-4-6-11(7-5-10)18-12(20)9-22-13-3-1-2-8-19(13)21/h1-8H,9H2,(H,18,20). The third-order valence-corrected chi connectivity index (χ3v) is 3.65. The van der Waals surface area contributed by atoms with Crippen LogP contribution in [0.1, 0.15) is 5.56 Å². The molecule has 0 fully saturated rings. The highest BCUT2D eigenvalue weighted by molar-refractivity contribution is 7.99. The van der Waals surface area contributed by atoms with E-state index in [1.165, 1.54) is 18.3 Å². The molecule has 2 aromatic rings. The van der Waals surface area contributed by atoms with E-state index in [2.05, 4.69) is 5.32 Å². The number of alkyl halides is 3. The SMILES string of the molecule is O=C(CSc1cccc[n+]1[O-])Nc1ccc(C(F)(F)F)cc1. The number of thioether (sulfide) groups is 1. The van der Waals surface area contributed by atoms with Crippen LogP contribution in [-0.2, 0) is 11.0 Å². The molecule has 0 spiro atoms. The number of rotatable bonds is 4. The first-order chi connectivity index (χ1) is 10.4. The second-order valence-electron chi connectivity index (χ2n) is 4.28. The quantitative estimate of drug-likeness (QED) is 0.533. The Morgan fingerprint density at radius 2 is 1.86 bits per heavy atom. The molecule has 0 saturated heterocycles. The molecular weight excluding hydrogens is 317 g/mol. The largest absolute Gasteiger partial charge is 0.618 e. The summed E-state index contributed by atoms with van der Waals surface area (Å²) in [6.45, 7) is 0. The van der Waals surface area contributed by atoms with Gasteiger partial charge in [-0.2, -0.15) is 17.9 Å². The number of carbonyl (C=O) groups is 1. The van der Waals surface area contributed by atoms with E-state index in [0.717, 1.165) is 23.9 Å². The molecule has 1 aromatic carbocycles. The lowest BCUT2D eigenvalue weighted by Gasteiger charge is -2.08. The van der Waals surface area contributed by atoms with Gasteiger partial charge in [-0.25, -0.2) is 0 Å². The summed E-state index contributed by atoms with van der Waals surface area (Å²) in [6, 6.07) is 8.97. The Morgan fingerprint density at radius 1 is 1.18 bits per heavy atom. The molecule has 1 aromatic heterocycles. The van der Waals surface area contributed by atoms with Gasteiger partial charge in [-0.05, 0) is 42.1 Å². The highest BCUT2D eigenvalue weighted by Crippen LogP contribution is 2.29. The average Bonchev–Trinajstić information content (AvgIpc) is 2.46. The molecule has 1 amide bonds. The van der Waals surface area contributed by atoms with Crippen molar-refractivity contribution in [2.75, 3.05) is 11.1 Å². The number of halogens is 3. The number of benzene rings is 1. The molecule has 0 aliphatic rings. The van der Waals surface area contributed by atoms with E-state index in [4.69, 9.17) is 0 Å². The molecule has 22 heavy (non-hydrogen) atoms. The summed E-state index contributed by atoms with van der Waals surface area (Å²) in [7, 11) is 0. The minimum atomic E-state index is -4.41. The van der Waals surface area contributed by atoms with Crippen molar-refractivity contribution in [3.63, 3.8) is 0 Å². The second-order valence-corrected chi connectivity index (χ2v) is 5.27. The van der Waals surface area contributed by atoms with Crippen molar-refractivity contribution >= 4 is 23.4 Å². The number of pyridine rings is 1. The summed E-state index contributed by atoms with van der Waals surface area (Å²) in [6.07, 6.45) is -3.09. The number of nitrogens with zero attached hydrogens (tertiary/aromatic N) is 1. The van der Waals surface area contributed by atoms with Crippen LogP contribution in [0.2, 0.25) is 0 Å². The minimum absolute atomic E-state index is 0.0206. The fourth-order valence-corrected chi connectivity index (χ4v) is 2.32. The Kier molecular flexibility index (Phi) is 4.92. The van der Waals surface area contributed by atoms with Crippen molar-refractivity contribution in [1.29, 1.82) is 0 Å². The molecule has 116 valence electrons. The smallest absolute Gasteiger partial charge is 0.416 e. The lowest BCUT2D eigenvalue weighted by Crippen LogP contribution is -2.28. The Bertz CT molecular complexity index is 660. The van der Waals surface area contributed by atoms with E-state index in [1.54, 1.807) is 18.2 Å². The van der Waals surface area contributed by atoms with Crippen LogP contribution in [-0.4, -0.2) is 11.7 Å². The topological polar surface area (TPSA) is 56.0 Å². The van der Waals surface area contributed by atoms with Gasteiger partial charge in [0.2, 0.25) is 5.91 Å². The van der Waals surface area contributed by atoms with E-state index in [0.29, 0.717) is 9.76 Å². The Labute approximate surface area is 128 Å². The molecule has 0 aliphatic heterocycles. The number of anilines is 1. The fraction of sp³-hybridized carbons (Fsp3) is 0.143. The molecule has 0 bridgehead atoms. The van der Waals surface area contributed by atoms with Crippen LogP contribution >= 0.6 is 11.8 Å². The van der Waals surface area contributed by atoms with Crippen LogP contribution in [0.3, 0.4) is 0 Å². The third kappa shape index (κ3) is 4.39. The first-order valence-electron chi connectivity index (χ1n) is 6.14. The summed E-state index contributed by atoms with van der Waals surface area (Å²) < 4.78 is 37.9. The molecular formula is C14H11F3N2O2S. The predicted molar refractivity (Wildman–Crippen MR) is 76.2 cm³/mol. The fourth-order valence-electron chi connectivity index (χ4n) is 1.60. The van der Waals surface area contributed by atoms with Gasteiger partial charge < -0.3 is 10.5 Å². The molecule has 1 heterocycles. The highest BCUT2D eigenvalue weighted by atomic mass is 32.2. The molecule has 0 aliphatic carbocycles. The maximum Gasteiger partial charge on any atom is 0.416 e. The Hall–Kier alpha value is -2.22. The molecule has 1 N–H and O–H groups in total. The van der Waals surface area contributed by atoms with Crippen LogP contribution < -0.4 is 10.0 Å². The molecule has 0 unspecified atom stereocenters. The zero-order chi connectivity index (χ0) is 16.2. The lowest BCUT2D eigenvalue weighted by molar-refractivity contribution is -0.645. The van der Waals surface area contributed by atoms with Crippen LogP contribution in [0.4, 0.5) is 18.9 Å². The first kappa shape index (κ1) is 16.2. The van der Waals surface area contributed by atoms with Crippen LogP contribution in [0.5, 0.6) is 0 Å². The summed E-state index contributed by atoms with van der Waals surface area (Å²) >= 11 is 1.04. The first-order valence-corrected chi connectivity index (χ1v) is 7.13. The summed E-state index contributed by atoms with van der Waals surface area (Å²) in [5.74, 6) is -0.429. The van der Waals surface area contributed by atoms with Crippen LogP contribution in [0.25, 0.3) is 0 Å². The van der Waals surface area contributed by atoms with Crippen molar-refractivity contribution in [3.8, 4) is 0 Å². The minimum Gasteiger partial charge on any atom is -0.618 e. The van der Waals surface area contributed by atoms with Gasteiger partial charge in [-0.15, -0.1) is 0 Å². The van der Waals surface area contributed by atoms with Gasteiger partial charge in [0.05, 0.1) is 11.3 Å². The van der Waals surface area contributed by atoms with Crippen LogP contribution in [0.15, 0.2) is 53.7 Å². The maximum atomic E-state index is 12.4. The zero-order valence-corrected chi connectivity index (χ0v) is 11.9. The third-order valence-electron chi connectivity index (χ3n) is 2.64. The maximum absolute atomic E-state index is 12.4. The number of hydrogen-bond acceptors (Lipinski definition) is 3. The lowest BCUT2D eigenvalue weighted by atomic mass is 10.2. The van der Waals surface area contributed by atoms with Gasteiger partial charge >= 0.3 is 6.18 Å². The summed E-state index contributed by atoms with van der Waals surface area (Å²) in [5.41, 5.74) is -0.516. The van der Waals surface area contributed by atoms with Gasteiger partial charge in [0.15, 0.2) is 6.20 Å². The van der Waals surface area contributed by atoms with Crippen LogP contribution in [0, 0.1) is 5.21 Å². The molecule has 0 saturated carbocycles. The normalized spacial score (nSPS) is 11.2. The van der Waals surface area contributed by atoms with E-state index in [9.17, 15) is 23.2 Å². The second kappa shape index (κ2) is 6.69. The molecule has 0 atom stereocenters. The number of amides is 1. The highest BCUT2D eigenvalue weighted by Gasteiger charge is 2.29. The van der Waals surface area contributed by atoms with Gasteiger partial charge in [-0.3, -0.25) is 4.79 Å². The van der Waals surface area contributed by atoms with E-state index >= 15 is 0 Å². The van der Waals surface area contributed by atoms with Crippen molar-refractivity contribution in [1.82, 2.24) is 0 Å². The van der Waals surface area contributed by atoms with Gasteiger partial charge in [0.1, 0.15) is 0 Å². The number of carbonyl (C=O) groups excluding carboxylic acids is 1. The molecule has 2 rings (SSSR count). The van der Waals surface area contributed by atoms with Crippen molar-refractivity contribution in [3.05, 3.63) is 59.4 Å². The van der Waals surface area contributed by atoms with Gasteiger partial charge in [-0.1, -0.05) is 0 Å². The van der Waals surface area contributed by atoms with Crippen molar-refractivity contribution < 1.29 is 22.7 Å². The Balaban J connectivity index is 1.91. The van der Waals surface area contributed by atoms with Crippen molar-refractivity contribution in [2.45, 2.75) is 11.2 Å². The molecule has 8 heteroatoms. The number of aromatic nitrogens is 1. The van der Waals surface area contributed by atoms with E-state index < -0.39 is 17.6 Å². The van der Waals surface area contributed by atoms with E-state index in [1.807, 2.05) is 0 Å².